The van der Waals surface area contributed by atoms with Crippen LogP contribution in [0.3, 0.4) is 0 Å². The molecule has 5 heteroatoms. The minimum absolute atomic E-state index is 0. The predicted octanol–water partition coefficient (Wildman–Crippen LogP) is -1.31. The zero-order chi connectivity index (χ0) is 12.3. The van der Waals surface area contributed by atoms with Gasteiger partial charge in [-0.3, -0.25) is 0 Å². The Morgan fingerprint density at radius 2 is 1.89 bits per heavy atom. The third kappa shape index (κ3) is 4.02. The molecule has 0 aliphatic carbocycles. The van der Waals surface area contributed by atoms with Crippen molar-refractivity contribution in [2.45, 2.75) is 6.42 Å². The van der Waals surface area contributed by atoms with Gasteiger partial charge in [-0.05, 0) is 12.1 Å². The van der Waals surface area contributed by atoms with E-state index in [0.29, 0.717) is 0 Å². The molecule has 2 rings (SSSR count). The second-order valence-corrected chi connectivity index (χ2v) is 4.83. The van der Waals surface area contributed by atoms with Gasteiger partial charge in [0.15, 0.2) is 0 Å². The highest BCUT2D eigenvalue weighted by atomic mass is 35.5. The van der Waals surface area contributed by atoms with Crippen LogP contribution in [0.1, 0.15) is 5.76 Å². The fourth-order valence-electron chi connectivity index (χ4n) is 1.56. The van der Waals surface area contributed by atoms with Crippen molar-refractivity contribution in [1.82, 2.24) is 5.16 Å². The lowest BCUT2D eigenvalue weighted by Crippen LogP contribution is -3.05. The minimum atomic E-state index is 0. The number of nitrogens with zero attached hydrogens (tertiary/aromatic N) is 1. The Morgan fingerprint density at radius 3 is 2.50 bits per heavy atom. The third-order valence-corrected chi connectivity index (χ3v) is 2.82. The summed E-state index contributed by atoms with van der Waals surface area (Å²) < 4.78 is 5.30. The first-order valence-electron chi connectivity index (χ1n) is 5.66. The van der Waals surface area contributed by atoms with E-state index in [1.807, 2.05) is 30.3 Å². The van der Waals surface area contributed by atoms with Gasteiger partial charge < -0.3 is 21.8 Å². The van der Waals surface area contributed by atoms with Gasteiger partial charge in [0.1, 0.15) is 11.5 Å². The second-order valence-electron chi connectivity index (χ2n) is 4.39. The number of benzene rings is 1. The largest absolute Gasteiger partial charge is 1.00 e. The summed E-state index contributed by atoms with van der Waals surface area (Å²) in [5.41, 5.74) is 1.90. The lowest BCUT2D eigenvalue weighted by atomic mass is 10.1. The van der Waals surface area contributed by atoms with Crippen molar-refractivity contribution >= 4 is 11.6 Å². The van der Waals surface area contributed by atoms with Crippen molar-refractivity contribution in [3.63, 3.8) is 0 Å². The Kier molecular flexibility index (Phi) is 5.66. The van der Waals surface area contributed by atoms with E-state index in [9.17, 15) is 0 Å². The van der Waals surface area contributed by atoms with Gasteiger partial charge in [0.2, 0.25) is 0 Å². The smallest absolute Gasteiger partial charge is 0.142 e. The first-order valence-corrected chi connectivity index (χ1v) is 6.03. The minimum Gasteiger partial charge on any atom is -1.00 e. The summed E-state index contributed by atoms with van der Waals surface area (Å²) in [7, 11) is 4.24. The van der Waals surface area contributed by atoms with Crippen LogP contribution in [-0.2, 0) is 6.42 Å². The van der Waals surface area contributed by atoms with E-state index in [1.165, 1.54) is 4.90 Å². The molecular formula is C13H16Cl2N2O. The maximum absolute atomic E-state index is 5.84. The van der Waals surface area contributed by atoms with Crippen LogP contribution in [0.2, 0.25) is 5.02 Å². The Labute approximate surface area is 118 Å². The number of rotatable bonds is 4. The number of quaternary nitrogens is 1. The second kappa shape index (κ2) is 6.78. The van der Waals surface area contributed by atoms with E-state index < -0.39 is 0 Å². The van der Waals surface area contributed by atoms with Crippen molar-refractivity contribution in [3.05, 3.63) is 41.1 Å². The summed E-state index contributed by atoms with van der Waals surface area (Å²) in [6.45, 7) is 1.04. The van der Waals surface area contributed by atoms with Crippen molar-refractivity contribution in [3.8, 4) is 11.3 Å². The molecule has 1 aromatic carbocycles. The quantitative estimate of drug-likeness (QED) is 0.756. The lowest BCUT2D eigenvalue weighted by Gasteiger charge is -2.03. The van der Waals surface area contributed by atoms with Crippen LogP contribution < -0.4 is 17.3 Å². The van der Waals surface area contributed by atoms with Gasteiger partial charge in [-0.2, -0.15) is 0 Å². The van der Waals surface area contributed by atoms with Gasteiger partial charge >= 0.3 is 0 Å². The van der Waals surface area contributed by atoms with Crippen LogP contribution in [0.4, 0.5) is 0 Å². The number of halogens is 2. The molecular weight excluding hydrogens is 271 g/mol. The van der Waals surface area contributed by atoms with E-state index in [4.69, 9.17) is 16.1 Å². The van der Waals surface area contributed by atoms with Gasteiger partial charge in [-0.15, -0.1) is 0 Å². The molecule has 1 heterocycles. The van der Waals surface area contributed by atoms with Crippen LogP contribution in [0.25, 0.3) is 11.3 Å². The highest BCUT2D eigenvalue weighted by molar-refractivity contribution is 6.30. The Morgan fingerprint density at radius 1 is 1.22 bits per heavy atom. The number of likely N-dealkylation sites (N-methyl/N-ethyl adjacent to an activating group) is 1. The van der Waals surface area contributed by atoms with Gasteiger partial charge in [0.05, 0.1) is 27.1 Å². The first kappa shape index (κ1) is 15.0. The molecule has 1 aromatic heterocycles. The lowest BCUT2D eigenvalue weighted by molar-refractivity contribution is -0.858. The Hall–Kier alpha value is -1.03. The zero-order valence-corrected chi connectivity index (χ0v) is 11.9. The summed E-state index contributed by atoms with van der Waals surface area (Å²) in [5, 5.41) is 4.80. The Balaban J connectivity index is 0.00000162. The molecule has 0 bridgehead atoms. The van der Waals surface area contributed by atoms with Gasteiger partial charge in [-0.25, -0.2) is 0 Å². The van der Waals surface area contributed by atoms with Gasteiger partial charge in [0.25, 0.3) is 0 Å². The van der Waals surface area contributed by atoms with Gasteiger partial charge in [-0.1, -0.05) is 28.9 Å². The summed E-state index contributed by atoms with van der Waals surface area (Å²) in [5.74, 6) is 0.927. The summed E-state index contributed by atoms with van der Waals surface area (Å²) >= 11 is 5.84. The molecule has 3 nitrogen and oxygen atoms in total. The van der Waals surface area contributed by atoms with Crippen molar-refractivity contribution in [2.24, 2.45) is 0 Å². The molecule has 2 aromatic rings. The molecule has 0 saturated heterocycles. The molecule has 98 valence electrons. The average Bonchev–Trinajstić information content (AvgIpc) is 2.76. The molecule has 18 heavy (non-hydrogen) atoms. The molecule has 0 radical (unpaired) electrons. The van der Waals surface area contributed by atoms with E-state index >= 15 is 0 Å². The van der Waals surface area contributed by atoms with Crippen molar-refractivity contribution in [1.29, 1.82) is 0 Å². The number of aromatic nitrogens is 1. The average molecular weight is 287 g/mol. The van der Waals surface area contributed by atoms with Crippen LogP contribution >= 0.6 is 11.6 Å². The summed E-state index contributed by atoms with van der Waals surface area (Å²) in [6.07, 6.45) is 0.906. The van der Waals surface area contributed by atoms with E-state index in [1.54, 1.807) is 0 Å². The molecule has 0 amide bonds. The maximum Gasteiger partial charge on any atom is 0.142 e. The molecule has 0 unspecified atom stereocenters. The molecule has 0 saturated carbocycles. The van der Waals surface area contributed by atoms with E-state index in [0.717, 1.165) is 35.0 Å². The summed E-state index contributed by atoms with van der Waals surface area (Å²) in [4.78, 5) is 1.40. The summed E-state index contributed by atoms with van der Waals surface area (Å²) in [6, 6.07) is 9.60. The van der Waals surface area contributed by atoms with Crippen LogP contribution in [0.15, 0.2) is 34.9 Å². The third-order valence-electron chi connectivity index (χ3n) is 2.57. The normalized spacial score (nSPS) is 10.4. The van der Waals surface area contributed by atoms with Crippen LogP contribution in [0.5, 0.6) is 0 Å². The van der Waals surface area contributed by atoms with Crippen molar-refractivity contribution < 1.29 is 21.8 Å². The predicted molar refractivity (Wildman–Crippen MR) is 68.3 cm³/mol. The SMILES string of the molecule is C[NH+](C)CCc1cc(-c2ccc(Cl)cc2)no1.[Cl-]. The number of nitrogens with one attached hydrogen (secondary N) is 1. The molecule has 0 atom stereocenters. The molecule has 1 N–H and O–H groups in total. The highest BCUT2D eigenvalue weighted by Crippen LogP contribution is 2.21. The highest BCUT2D eigenvalue weighted by Gasteiger charge is 2.07. The molecule has 0 fully saturated rings. The molecule has 0 spiro atoms. The zero-order valence-electron chi connectivity index (χ0n) is 10.4. The monoisotopic (exact) mass is 286 g/mol. The van der Waals surface area contributed by atoms with Crippen molar-refractivity contribution in [2.75, 3.05) is 20.6 Å². The maximum atomic E-state index is 5.84. The standard InChI is InChI=1S/C13H15ClN2O.ClH/c1-16(2)8-7-12-9-13(15-17-12)10-3-5-11(14)6-4-10;/h3-6,9H,7-8H2,1-2H3;1H. The van der Waals surface area contributed by atoms with E-state index in [2.05, 4.69) is 19.3 Å². The van der Waals surface area contributed by atoms with Gasteiger partial charge in [0, 0.05) is 16.7 Å². The van der Waals surface area contributed by atoms with E-state index in [-0.39, 0.29) is 12.4 Å². The molecule has 0 aliphatic rings. The number of hydrogen-bond acceptors (Lipinski definition) is 2. The number of hydrogen-bond donors (Lipinski definition) is 1. The van der Waals surface area contributed by atoms with Crippen LogP contribution in [0, 0.1) is 0 Å². The Bertz CT molecular complexity index is 480. The fourth-order valence-corrected chi connectivity index (χ4v) is 1.69. The molecule has 0 aliphatic heterocycles. The first-order chi connectivity index (χ1) is 8.15. The van der Waals surface area contributed by atoms with Crippen LogP contribution in [-0.4, -0.2) is 25.8 Å². The topological polar surface area (TPSA) is 30.5 Å². The fraction of sp³-hybridized carbons (Fsp3) is 0.308.